The number of hydrogen-bond acceptors (Lipinski definition) is 3. The van der Waals surface area contributed by atoms with Gasteiger partial charge < -0.3 is 14.6 Å². The second kappa shape index (κ2) is 3.51. The van der Waals surface area contributed by atoms with E-state index in [0.717, 1.165) is 0 Å². The second-order valence-electron chi connectivity index (χ2n) is 4.64. The summed E-state index contributed by atoms with van der Waals surface area (Å²) < 4.78 is 11.3. The van der Waals surface area contributed by atoms with Crippen LogP contribution in [0.1, 0.15) is 40.5 Å². The largest absolute Gasteiger partial charge is 0.481 e. The second-order valence-corrected chi connectivity index (χ2v) is 4.64. The highest BCUT2D eigenvalue weighted by Crippen LogP contribution is 2.37. The fraction of sp³-hybridized carbons (Fsp3) is 0.900. The quantitative estimate of drug-likeness (QED) is 0.758. The summed E-state index contributed by atoms with van der Waals surface area (Å²) in [4.78, 5) is 10.4. The summed E-state index contributed by atoms with van der Waals surface area (Å²) in [6.07, 6.45) is 0.466. The van der Waals surface area contributed by atoms with Crippen molar-refractivity contribution in [3.63, 3.8) is 0 Å². The first kappa shape index (κ1) is 11.5. The van der Waals surface area contributed by atoms with Crippen LogP contribution >= 0.6 is 0 Å². The lowest BCUT2D eigenvalue weighted by Gasteiger charge is -2.23. The SMILES string of the molecule is CC1(C)O[C@H](CCC(=O)O)C(C)(C)O1. The maximum atomic E-state index is 10.4. The molecule has 4 nitrogen and oxygen atoms in total. The lowest BCUT2D eigenvalue weighted by atomic mass is 9.98. The zero-order chi connectivity index (χ0) is 11.0. The van der Waals surface area contributed by atoms with Crippen molar-refractivity contribution < 1.29 is 19.4 Å². The van der Waals surface area contributed by atoms with Gasteiger partial charge in [-0.3, -0.25) is 4.79 Å². The van der Waals surface area contributed by atoms with Crippen molar-refractivity contribution in [2.45, 2.75) is 58.0 Å². The monoisotopic (exact) mass is 202 g/mol. The molecule has 0 bridgehead atoms. The third-order valence-electron chi connectivity index (χ3n) is 2.33. The molecule has 0 radical (unpaired) electrons. The van der Waals surface area contributed by atoms with Crippen molar-refractivity contribution in [2.75, 3.05) is 0 Å². The third kappa shape index (κ3) is 2.69. The van der Waals surface area contributed by atoms with E-state index in [2.05, 4.69) is 0 Å². The van der Waals surface area contributed by atoms with Gasteiger partial charge in [0.05, 0.1) is 11.7 Å². The van der Waals surface area contributed by atoms with Crippen molar-refractivity contribution in [3.8, 4) is 0 Å². The molecule has 1 atom stereocenters. The molecule has 1 rings (SSSR count). The summed E-state index contributed by atoms with van der Waals surface area (Å²) in [6, 6.07) is 0. The van der Waals surface area contributed by atoms with Gasteiger partial charge in [-0.15, -0.1) is 0 Å². The van der Waals surface area contributed by atoms with E-state index in [1.807, 2.05) is 27.7 Å². The zero-order valence-electron chi connectivity index (χ0n) is 9.16. The summed E-state index contributed by atoms with van der Waals surface area (Å²) in [5.74, 6) is -1.40. The number of ether oxygens (including phenoxy) is 2. The van der Waals surface area contributed by atoms with Crippen molar-refractivity contribution in [1.29, 1.82) is 0 Å². The minimum absolute atomic E-state index is 0.119. The fourth-order valence-electron chi connectivity index (χ4n) is 1.87. The molecule has 1 heterocycles. The van der Waals surface area contributed by atoms with Gasteiger partial charge >= 0.3 is 5.97 Å². The molecular weight excluding hydrogens is 184 g/mol. The summed E-state index contributed by atoms with van der Waals surface area (Å²) >= 11 is 0. The van der Waals surface area contributed by atoms with Gasteiger partial charge in [0.15, 0.2) is 5.79 Å². The van der Waals surface area contributed by atoms with Gasteiger partial charge in [0.25, 0.3) is 0 Å². The normalized spacial score (nSPS) is 29.0. The molecule has 0 aromatic carbocycles. The first-order valence-electron chi connectivity index (χ1n) is 4.83. The number of carbonyl (C=O) groups is 1. The molecule has 0 saturated carbocycles. The van der Waals surface area contributed by atoms with Gasteiger partial charge in [-0.2, -0.15) is 0 Å². The fourth-order valence-corrected chi connectivity index (χ4v) is 1.87. The van der Waals surface area contributed by atoms with Gasteiger partial charge in [-0.25, -0.2) is 0 Å². The number of aliphatic carboxylic acids is 1. The Hall–Kier alpha value is -0.610. The Kier molecular flexibility index (Phi) is 2.88. The third-order valence-corrected chi connectivity index (χ3v) is 2.33. The highest BCUT2D eigenvalue weighted by molar-refractivity contribution is 5.66. The summed E-state index contributed by atoms with van der Waals surface area (Å²) in [7, 11) is 0. The van der Waals surface area contributed by atoms with Crippen LogP contribution in [0.25, 0.3) is 0 Å². The van der Waals surface area contributed by atoms with Crippen LogP contribution in [0.2, 0.25) is 0 Å². The van der Waals surface area contributed by atoms with E-state index in [4.69, 9.17) is 14.6 Å². The molecule has 82 valence electrons. The molecule has 0 unspecified atom stereocenters. The highest BCUT2D eigenvalue weighted by Gasteiger charge is 2.46. The molecule has 1 aliphatic rings. The maximum absolute atomic E-state index is 10.4. The van der Waals surface area contributed by atoms with Crippen molar-refractivity contribution in [1.82, 2.24) is 0 Å². The van der Waals surface area contributed by atoms with Gasteiger partial charge in [-0.05, 0) is 34.1 Å². The predicted octanol–water partition coefficient (Wildman–Crippen LogP) is 1.78. The molecule has 0 aromatic rings. The Balaban J connectivity index is 2.57. The van der Waals surface area contributed by atoms with Crippen LogP contribution in [0.15, 0.2) is 0 Å². The Morgan fingerprint density at radius 2 is 1.93 bits per heavy atom. The average molecular weight is 202 g/mol. The lowest BCUT2D eigenvalue weighted by molar-refractivity contribution is -0.158. The van der Waals surface area contributed by atoms with Crippen LogP contribution in [-0.4, -0.2) is 28.6 Å². The highest BCUT2D eigenvalue weighted by atomic mass is 16.8. The number of carboxylic acids is 1. The molecule has 0 aliphatic carbocycles. The molecule has 1 fully saturated rings. The van der Waals surface area contributed by atoms with E-state index < -0.39 is 17.4 Å². The molecule has 0 aromatic heterocycles. The van der Waals surface area contributed by atoms with E-state index in [-0.39, 0.29) is 12.5 Å². The standard InChI is InChI=1S/C10H18O4/c1-9(2)7(5-6-8(11)12)13-10(3,4)14-9/h7H,5-6H2,1-4H3,(H,11,12)/t7-/m1/s1. The molecule has 1 saturated heterocycles. The minimum atomic E-state index is -0.797. The van der Waals surface area contributed by atoms with Crippen LogP contribution in [0, 0.1) is 0 Å². The van der Waals surface area contributed by atoms with Crippen LogP contribution in [-0.2, 0) is 14.3 Å². The summed E-state index contributed by atoms with van der Waals surface area (Å²) in [5.41, 5.74) is -0.404. The lowest BCUT2D eigenvalue weighted by Crippen LogP contribution is -2.33. The van der Waals surface area contributed by atoms with Crippen LogP contribution < -0.4 is 0 Å². The van der Waals surface area contributed by atoms with Gasteiger partial charge in [0.2, 0.25) is 0 Å². The topological polar surface area (TPSA) is 55.8 Å². The molecule has 0 spiro atoms. The van der Waals surface area contributed by atoms with Crippen molar-refractivity contribution in [2.24, 2.45) is 0 Å². The van der Waals surface area contributed by atoms with Crippen molar-refractivity contribution >= 4 is 5.97 Å². The molecule has 1 N–H and O–H groups in total. The smallest absolute Gasteiger partial charge is 0.303 e. The average Bonchev–Trinajstić information content (AvgIpc) is 2.14. The molecule has 0 amide bonds. The summed E-state index contributed by atoms with van der Waals surface area (Å²) in [6.45, 7) is 7.54. The molecule has 14 heavy (non-hydrogen) atoms. The molecule has 4 heteroatoms. The molecular formula is C10H18O4. The Morgan fingerprint density at radius 1 is 1.36 bits per heavy atom. The number of hydrogen-bond donors (Lipinski definition) is 1. The summed E-state index contributed by atoms with van der Waals surface area (Å²) in [5, 5.41) is 8.58. The van der Waals surface area contributed by atoms with Gasteiger partial charge in [0, 0.05) is 6.42 Å². The predicted molar refractivity (Wildman–Crippen MR) is 51.0 cm³/mol. The van der Waals surface area contributed by atoms with Gasteiger partial charge in [0.1, 0.15) is 0 Å². The Labute approximate surface area is 84.2 Å². The Bertz CT molecular complexity index is 232. The maximum Gasteiger partial charge on any atom is 0.303 e. The van der Waals surface area contributed by atoms with Crippen LogP contribution in [0.3, 0.4) is 0 Å². The first-order valence-corrected chi connectivity index (χ1v) is 4.83. The minimum Gasteiger partial charge on any atom is -0.481 e. The van der Waals surface area contributed by atoms with Crippen LogP contribution in [0.4, 0.5) is 0 Å². The number of rotatable bonds is 3. The van der Waals surface area contributed by atoms with E-state index in [1.165, 1.54) is 0 Å². The van der Waals surface area contributed by atoms with E-state index >= 15 is 0 Å². The molecule has 1 aliphatic heterocycles. The van der Waals surface area contributed by atoms with E-state index in [1.54, 1.807) is 0 Å². The Morgan fingerprint density at radius 3 is 2.29 bits per heavy atom. The van der Waals surface area contributed by atoms with E-state index in [9.17, 15) is 4.79 Å². The number of carboxylic acid groups (broad SMARTS) is 1. The van der Waals surface area contributed by atoms with Crippen LogP contribution in [0.5, 0.6) is 0 Å². The zero-order valence-corrected chi connectivity index (χ0v) is 9.16. The van der Waals surface area contributed by atoms with Crippen molar-refractivity contribution in [3.05, 3.63) is 0 Å². The van der Waals surface area contributed by atoms with Gasteiger partial charge in [-0.1, -0.05) is 0 Å². The first-order chi connectivity index (χ1) is 6.23. The van der Waals surface area contributed by atoms with E-state index in [0.29, 0.717) is 6.42 Å².